The van der Waals surface area contributed by atoms with Crippen LogP contribution in [0.3, 0.4) is 0 Å². The summed E-state index contributed by atoms with van der Waals surface area (Å²) in [5.74, 6) is 0. The van der Waals surface area contributed by atoms with Crippen LogP contribution in [-0.4, -0.2) is 25.5 Å². The molecule has 6 heteroatoms. The Morgan fingerprint density at radius 3 is 2.53 bits per heavy atom. The number of thioether (sulfide) groups is 1. The first-order chi connectivity index (χ1) is 9.11. The van der Waals surface area contributed by atoms with Gasteiger partial charge in [0.05, 0.1) is 0 Å². The van der Waals surface area contributed by atoms with Crippen molar-refractivity contribution in [2.45, 2.75) is 36.7 Å². The number of hydrogen-bond acceptors (Lipinski definition) is 5. The van der Waals surface area contributed by atoms with Gasteiger partial charge in [-0.1, -0.05) is 49.9 Å². The van der Waals surface area contributed by atoms with Crippen molar-refractivity contribution in [2.75, 3.05) is 0 Å². The van der Waals surface area contributed by atoms with Crippen molar-refractivity contribution >= 4 is 11.8 Å². The summed E-state index contributed by atoms with van der Waals surface area (Å²) in [5.41, 5.74) is 8.77. The Balaban J connectivity index is 2.05. The lowest BCUT2D eigenvalue weighted by Crippen LogP contribution is -2.21. The lowest BCUT2D eigenvalue weighted by Gasteiger charge is -2.19. The highest BCUT2D eigenvalue weighted by Crippen LogP contribution is 2.28. The van der Waals surface area contributed by atoms with Crippen molar-refractivity contribution in [3.63, 3.8) is 0 Å². The van der Waals surface area contributed by atoms with E-state index in [-0.39, 0.29) is 11.3 Å². The van der Waals surface area contributed by atoms with Gasteiger partial charge in [0.15, 0.2) is 0 Å². The average Bonchev–Trinajstić information content (AvgIpc) is 2.83. The molecule has 0 bridgehead atoms. The van der Waals surface area contributed by atoms with Crippen molar-refractivity contribution < 1.29 is 0 Å². The third-order valence-electron chi connectivity index (χ3n) is 3.15. The van der Waals surface area contributed by atoms with E-state index in [9.17, 15) is 0 Å². The summed E-state index contributed by atoms with van der Waals surface area (Å²) in [6, 6.07) is 8.45. The molecule has 0 aliphatic carbocycles. The van der Waals surface area contributed by atoms with Gasteiger partial charge in [0.1, 0.15) is 0 Å². The van der Waals surface area contributed by atoms with E-state index < -0.39 is 0 Å². The Labute approximate surface area is 117 Å². The molecule has 0 fully saturated rings. The highest BCUT2D eigenvalue weighted by molar-refractivity contribution is 7.99. The Bertz CT molecular complexity index is 522. The molecule has 2 aromatic rings. The zero-order valence-electron chi connectivity index (χ0n) is 11.4. The minimum absolute atomic E-state index is 0.0346. The molecular formula is C13H19N5S. The number of rotatable bonds is 5. The molecule has 0 amide bonds. The molecule has 1 aromatic carbocycles. The van der Waals surface area contributed by atoms with E-state index in [0.717, 1.165) is 17.1 Å². The molecule has 0 radical (unpaired) electrons. The number of nitrogens with zero attached hydrogens (tertiary/aromatic N) is 4. The molecule has 0 saturated heterocycles. The van der Waals surface area contributed by atoms with Crippen LogP contribution in [0, 0.1) is 0 Å². The van der Waals surface area contributed by atoms with E-state index in [1.54, 1.807) is 16.4 Å². The Morgan fingerprint density at radius 2 is 2.00 bits per heavy atom. The van der Waals surface area contributed by atoms with Gasteiger partial charge < -0.3 is 5.73 Å². The molecule has 5 nitrogen and oxygen atoms in total. The molecule has 102 valence electrons. The molecule has 2 atom stereocenters. The number of tetrazole rings is 1. The van der Waals surface area contributed by atoms with Gasteiger partial charge in [0.25, 0.3) is 0 Å². The fourth-order valence-corrected chi connectivity index (χ4v) is 2.72. The van der Waals surface area contributed by atoms with Crippen molar-refractivity contribution in [3.05, 3.63) is 35.4 Å². The summed E-state index contributed by atoms with van der Waals surface area (Å²) in [6.45, 7) is 4.24. The number of benzene rings is 1. The third kappa shape index (κ3) is 3.33. The van der Waals surface area contributed by atoms with Gasteiger partial charge in [-0.3, -0.25) is 0 Å². The van der Waals surface area contributed by atoms with Gasteiger partial charge in [0, 0.05) is 18.3 Å². The molecule has 0 aliphatic rings. The van der Waals surface area contributed by atoms with E-state index in [0.29, 0.717) is 0 Å². The molecule has 1 aromatic heterocycles. The van der Waals surface area contributed by atoms with Crippen LogP contribution in [-0.2, 0) is 13.5 Å². The molecule has 2 N–H and O–H groups in total. The van der Waals surface area contributed by atoms with Crippen molar-refractivity contribution in [1.29, 1.82) is 0 Å². The zero-order chi connectivity index (χ0) is 13.8. The van der Waals surface area contributed by atoms with E-state index in [1.165, 1.54) is 5.56 Å². The van der Waals surface area contributed by atoms with Gasteiger partial charge in [-0.2, -0.15) is 0 Å². The minimum atomic E-state index is -0.0346. The number of aromatic nitrogens is 4. The van der Waals surface area contributed by atoms with Crippen molar-refractivity contribution in [1.82, 2.24) is 20.2 Å². The summed E-state index contributed by atoms with van der Waals surface area (Å²) >= 11 is 1.59. The van der Waals surface area contributed by atoms with Gasteiger partial charge in [-0.15, -0.1) is 5.10 Å². The monoisotopic (exact) mass is 277 g/mol. The quantitative estimate of drug-likeness (QED) is 0.846. The second-order valence-electron chi connectivity index (χ2n) is 4.53. The van der Waals surface area contributed by atoms with Crippen LogP contribution in [0.4, 0.5) is 0 Å². The molecule has 2 rings (SSSR count). The second-order valence-corrected chi connectivity index (χ2v) is 5.87. The van der Waals surface area contributed by atoms with Crippen LogP contribution in [0.2, 0.25) is 0 Å². The average molecular weight is 277 g/mol. The third-order valence-corrected chi connectivity index (χ3v) is 4.37. The molecule has 2 unspecified atom stereocenters. The van der Waals surface area contributed by atoms with Crippen LogP contribution in [0.25, 0.3) is 0 Å². The fraction of sp³-hybridized carbons (Fsp3) is 0.462. The van der Waals surface area contributed by atoms with Crippen LogP contribution in [0.5, 0.6) is 0 Å². The molecular weight excluding hydrogens is 258 g/mol. The summed E-state index contributed by atoms with van der Waals surface area (Å²) in [4.78, 5) is 0. The lowest BCUT2D eigenvalue weighted by atomic mass is 10.0. The Kier molecular flexibility index (Phi) is 4.55. The number of hydrogen-bond donors (Lipinski definition) is 1. The Morgan fingerprint density at radius 1 is 1.32 bits per heavy atom. The summed E-state index contributed by atoms with van der Waals surface area (Å²) < 4.78 is 1.66. The molecule has 0 aliphatic heterocycles. The van der Waals surface area contributed by atoms with E-state index in [4.69, 9.17) is 5.73 Å². The molecule has 1 heterocycles. The first-order valence-corrected chi connectivity index (χ1v) is 7.23. The molecule has 0 spiro atoms. The maximum atomic E-state index is 6.30. The number of nitrogens with two attached hydrogens (primary N) is 1. The van der Waals surface area contributed by atoms with Crippen LogP contribution >= 0.6 is 11.8 Å². The first-order valence-electron chi connectivity index (χ1n) is 6.35. The summed E-state index contributed by atoms with van der Waals surface area (Å²) in [7, 11) is 1.83. The summed E-state index contributed by atoms with van der Waals surface area (Å²) in [5, 5.41) is 12.4. The van der Waals surface area contributed by atoms with Gasteiger partial charge >= 0.3 is 0 Å². The van der Waals surface area contributed by atoms with E-state index in [1.807, 2.05) is 7.05 Å². The standard InChI is InChI=1S/C13H19N5S/c1-4-10-5-7-11(8-6-10)12(14)9(2)19-13-15-16-17-18(13)3/h5-9,12H,4,14H2,1-3H3. The van der Waals surface area contributed by atoms with Crippen LogP contribution in [0.15, 0.2) is 29.4 Å². The van der Waals surface area contributed by atoms with Crippen molar-refractivity contribution in [3.8, 4) is 0 Å². The topological polar surface area (TPSA) is 69.6 Å². The maximum Gasteiger partial charge on any atom is 0.209 e. The Hall–Kier alpha value is -1.40. The van der Waals surface area contributed by atoms with Gasteiger partial charge in [-0.05, 0) is 28.0 Å². The predicted octanol–water partition coefficient (Wildman–Crippen LogP) is 1.95. The van der Waals surface area contributed by atoms with Crippen LogP contribution in [0.1, 0.15) is 31.0 Å². The maximum absolute atomic E-state index is 6.30. The largest absolute Gasteiger partial charge is 0.323 e. The smallest absolute Gasteiger partial charge is 0.209 e. The normalized spacial score (nSPS) is 14.3. The SMILES string of the molecule is CCc1ccc(C(N)C(C)Sc2nnnn2C)cc1. The van der Waals surface area contributed by atoms with Gasteiger partial charge in [-0.25, -0.2) is 4.68 Å². The highest BCUT2D eigenvalue weighted by Gasteiger charge is 2.18. The van der Waals surface area contributed by atoms with Gasteiger partial charge in [0.2, 0.25) is 5.16 Å². The predicted molar refractivity (Wildman–Crippen MR) is 76.9 cm³/mol. The van der Waals surface area contributed by atoms with Crippen molar-refractivity contribution in [2.24, 2.45) is 12.8 Å². The van der Waals surface area contributed by atoms with E-state index in [2.05, 4.69) is 53.6 Å². The second kappa shape index (κ2) is 6.16. The minimum Gasteiger partial charge on any atom is -0.323 e. The van der Waals surface area contributed by atoms with E-state index >= 15 is 0 Å². The lowest BCUT2D eigenvalue weighted by molar-refractivity contribution is 0.657. The summed E-state index contributed by atoms with van der Waals surface area (Å²) in [6.07, 6.45) is 1.05. The highest BCUT2D eigenvalue weighted by atomic mass is 32.2. The number of aryl methyl sites for hydroxylation is 2. The first kappa shape index (κ1) is 14.0. The fourth-order valence-electron chi connectivity index (χ4n) is 1.81. The zero-order valence-corrected chi connectivity index (χ0v) is 12.3. The van der Waals surface area contributed by atoms with Crippen LogP contribution < -0.4 is 5.73 Å². The molecule has 0 saturated carbocycles. The molecule has 19 heavy (non-hydrogen) atoms.